The van der Waals surface area contributed by atoms with Gasteiger partial charge >= 0.3 is 0 Å². The summed E-state index contributed by atoms with van der Waals surface area (Å²) in [5.41, 5.74) is 2.93. The summed E-state index contributed by atoms with van der Waals surface area (Å²) in [5.74, 6) is 0.0138. The lowest BCUT2D eigenvalue weighted by atomic mass is 10.0. The molecule has 1 aromatic rings. The molecule has 0 aliphatic carbocycles. The largest absolute Gasteiger partial charge is 0.322 e. The maximum atomic E-state index is 11.7. The van der Waals surface area contributed by atoms with E-state index < -0.39 is 0 Å². The van der Waals surface area contributed by atoms with Gasteiger partial charge in [-0.25, -0.2) is 0 Å². The van der Waals surface area contributed by atoms with E-state index in [-0.39, 0.29) is 5.91 Å². The molecule has 0 saturated carbocycles. The average Bonchev–Trinajstić information content (AvgIpc) is 2.53. The van der Waals surface area contributed by atoms with E-state index >= 15 is 0 Å². The van der Waals surface area contributed by atoms with E-state index in [1.165, 1.54) is 5.57 Å². The molecule has 1 aromatic heterocycles. The monoisotopic (exact) mass is 208 g/mol. The van der Waals surface area contributed by atoms with E-state index in [4.69, 9.17) is 0 Å². The van der Waals surface area contributed by atoms with E-state index in [2.05, 4.69) is 10.6 Å². The van der Waals surface area contributed by atoms with E-state index in [0.717, 1.165) is 24.4 Å². The lowest BCUT2D eigenvalue weighted by molar-refractivity contribution is -0.112. The van der Waals surface area contributed by atoms with Gasteiger partial charge in [0.05, 0.1) is 5.69 Å². The predicted molar refractivity (Wildman–Crippen MR) is 58.5 cm³/mol. The van der Waals surface area contributed by atoms with E-state index in [9.17, 15) is 4.79 Å². The Kier molecular flexibility index (Phi) is 2.65. The highest BCUT2D eigenvalue weighted by molar-refractivity contribution is 7.08. The van der Waals surface area contributed by atoms with Crippen LogP contribution in [0.4, 0.5) is 5.69 Å². The standard InChI is InChI=1S/C10H12N2OS/c1-7(8-4-11-5-8)10(13)12-9-2-3-14-6-9/h2-3,6,11H,4-5H2,1H3,(H,12,13). The predicted octanol–water partition coefficient (Wildman–Crippen LogP) is 1.61. The highest BCUT2D eigenvalue weighted by atomic mass is 32.1. The SMILES string of the molecule is CC(C(=O)Nc1ccsc1)=C1CNC1. The zero-order chi connectivity index (χ0) is 9.97. The molecule has 14 heavy (non-hydrogen) atoms. The van der Waals surface area contributed by atoms with Gasteiger partial charge in [0.25, 0.3) is 5.91 Å². The fraction of sp³-hybridized carbons (Fsp3) is 0.300. The van der Waals surface area contributed by atoms with Crippen LogP contribution in [0, 0.1) is 0 Å². The molecule has 74 valence electrons. The highest BCUT2D eigenvalue weighted by Crippen LogP contribution is 2.15. The fourth-order valence-electron chi connectivity index (χ4n) is 1.24. The van der Waals surface area contributed by atoms with Gasteiger partial charge in [0.1, 0.15) is 0 Å². The Morgan fingerprint density at radius 3 is 2.86 bits per heavy atom. The van der Waals surface area contributed by atoms with Crippen molar-refractivity contribution < 1.29 is 4.79 Å². The molecule has 1 saturated heterocycles. The Labute approximate surface area is 86.8 Å². The quantitative estimate of drug-likeness (QED) is 0.725. The van der Waals surface area contributed by atoms with Crippen molar-refractivity contribution in [2.24, 2.45) is 0 Å². The third-order valence-electron chi connectivity index (χ3n) is 2.33. The van der Waals surface area contributed by atoms with Crippen LogP contribution in [-0.4, -0.2) is 19.0 Å². The van der Waals surface area contributed by atoms with Crippen molar-refractivity contribution in [1.29, 1.82) is 0 Å². The van der Waals surface area contributed by atoms with Crippen LogP contribution in [0.5, 0.6) is 0 Å². The first-order valence-electron chi connectivity index (χ1n) is 4.50. The molecule has 2 heterocycles. The van der Waals surface area contributed by atoms with E-state index in [1.807, 2.05) is 23.8 Å². The van der Waals surface area contributed by atoms with Crippen LogP contribution in [0.2, 0.25) is 0 Å². The van der Waals surface area contributed by atoms with Crippen molar-refractivity contribution in [1.82, 2.24) is 5.32 Å². The molecule has 0 aromatic carbocycles. The molecule has 1 aliphatic rings. The van der Waals surface area contributed by atoms with Crippen LogP contribution in [0.1, 0.15) is 6.92 Å². The molecular weight excluding hydrogens is 196 g/mol. The second-order valence-electron chi connectivity index (χ2n) is 3.30. The molecule has 1 amide bonds. The number of thiophene rings is 1. The number of hydrogen-bond acceptors (Lipinski definition) is 3. The van der Waals surface area contributed by atoms with Crippen molar-refractivity contribution in [2.45, 2.75) is 6.92 Å². The summed E-state index contributed by atoms with van der Waals surface area (Å²) >= 11 is 1.58. The zero-order valence-corrected chi connectivity index (χ0v) is 8.78. The first kappa shape index (κ1) is 9.43. The summed E-state index contributed by atoms with van der Waals surface area (Å²) in [6.07, 6.45) is 0. The number of amides is 1. The van der Waals surface area contributed by atoms with Gasteiger partial charge in [0, 0.05) is 24.0 Å². The summed E-state index contributed by atoms with van der Waals surface area (Å²) in [6.45, 7) is 3.57. The van der Waals surface area contributed by atoms with Gasteiger partial charge in [0.2, 0.25) is 0 Å². The van der Waals surface area contributed by atoms with Gasteiger partial charge < -0.3 is 10.6 Å². The summed E-state index contributed by atoms with van der Waals surface area (Å²) in [4.78, 5) is 11.7. The first-order valence-corrected chi connectivity index (χ1v) is 5.44. The molecule has 0 spiro atoms. The van der Waals surface area contributed by atoms with Crippen LogP contribution in [-0.2, 0) is 4.79 Å². The molecule has 1 aliphatic heterocycles. The Hall–Kier alpha value is -1.13. The average molecular weight is 208 g/mol. The Morgan fingerprint density at radius 1 is 1.57 bits per heavy atom. The number of rotatable bonds is 2. The minimum absolute atomic E-state index is 0.0138. The van der Waals surface area contributed by atoms with Crippen LogP contribution >= 0.6 is 11.3 Å². The fourth-order valence-corrected chi connectivity index (χ4v) is 1.82. The topological polar surface area (TPSA) is 41.1 Å². The second kappa shape index (κ2) is 3.94. The molecular formula is C10H12N2OS. The van der Waals surface area contributed by atoms with Gasteiger partial charge in [-0.3, -0.25) is 4.79 Å². The van der Waals surface area contributed by atoms with Crippen molar-refractivity contribution >= 4 is 22.9 Å². The van der Waals surface area contributed by atoms with Crippen molar-refractivity contribution in [3.8, 4) is 0 Å². The van der Waals surface area contributed by atoms with Crippen LogP contribution in [0.3, 0.4) is 0 Å². The molecule has 0 atom stereocenters. The molecule has 3 nitrogen and oxygen atoms in total. The Morgan fingerprint density at radius 2 is 2.36 bits per heavy atom. The van der Waals surface area contributed by atoms with Crippen molar-refractivity contribution in [3.63, 3.8) is 0 Å². The summed E-state index contributed by atoms with van der Waals surface area (Å²) < 4.78 is 0. The second-order valence-corrected chi connectivity index (χ2v) is 4.08. The van der Waals surface area contributed by atoms with Crippen molar-refractivity contribution in [3.05, 3.63) is 28.0 Å². The maximum Gasteiger partial charge on any atom is 0.251 e. The highest BCUT2D eigenvalue weighted by Gasteiger charge is 2.15. The van der Waals surface area contributed by atoms with Gasteiger partial charge in [-0.05, 0) is 23.9 Å². The zero-order valence-electron chi connectivity index (χ0n) is 7.96. The number of nitrogens with one attached hydrogen (secondary N) is 2. The van der Waals surface area contributed by atoms with Gasteiger partial charge in [-0.1, -0.05) is 0 Å². The molecule has 4 heteroatoms. The minimum atomic E-state index is 0.0138. The molecule has 1 fully saturated rings. The summed E-state index contributed by atoms with van der Waals surface area (Å²) in [6, 6.07) is 1.90. The van der Waals surface area contributed by atoms with Gasteiger partial charge in [0.15, 0.2) is 0 Å². The summed E-state index contributed by atoms with van der Waals surface area (Å²) in [5, 5.41) is 9.85. The Bertz CT molecular complexity index is 361. The maximum absolute atomic E-state index is 11.7. The normalized spacial score (nSPS) is 14.8. The third-order valence-corrected chi connectivity index (χ3v) is 3.01. The number of carbonyl (C=O) groups excluding carboxylic acids is 1. The van der Waals surface area contributed by atoms with Crippen LogP contribution < -0.4 is 10.6 Å². The van der Waals surface area contributed by atoms with Gasteiger partial charge in [-0.2, -0.15) is 11.3 Å². The molecule has 0 radical (unpaired) electrons. The lowest BCUT2D eigenvalue weighted by Crippen LogP contribution is -2.36. The molecule has 0 unspecified atom stereocenters. The molecule has 2 N–H and O–H groups in total. The van der Waals surface area contributed by atoms with E-state index in [0.29, 0.717) is 0 Å². The minimum Gasteiger partial charge on any atom is -0.322 e. The molecule has 2 rings (SSSR count). The number of hydrogen-bond donors (Lipinski definition) is 2. The molecule has 0 bridgehead atoms. The van der Waals surface area contributed by atoms with E-state index in [1.54, 1.807) is 11.3 Å². The van der Waals surface area contributed by atoms with Gasteiger partial charge in [-0.15, -0.1) is 0 Å². The van der Waals surface area contributed by atoms with Crippen molar-refractivity contribution in [2.75, 3.05) is 18.4 Å². The first-order chi connectivity index (χ1) is 6.77. The smallest absolute Gasteiger partial charge is 0.251 e. The Balaban J connectivity index is 2.02. The number of carbonyl (C=O) groups is 1. The number of anilines is 1. The lowest BCUT2D eigenvalue weighted by Gasteiger charge is -2.21. The third kappa shape index (κ3) is 1.86. The summed E-state index contributed by atoms with van der Waals surface area (Å²) in [7, 11) is 0. The van der Waals surface area contributed by atoms with Crippen LogP contribution in [0.15, 0.2) is 28.0 Å². The van der Waals surface area contributed by atoms with Crippen LogP contribution in [0.25, 0.3) is 0 Å².